The third kappa shape index (κ3) is 4.79. The van der Waals surface area contributed by atoms with Gasteiger partial charge >= 0.3 is 0 Å². The molecule has 0 radical (unpaired) electrons. The smallest absolute Gasteiger partial charge is 0.273 e. The second-order valence-electron chi connectivity index (χ2n) is 9.96. The van der Waals surface area contributed by atoms with Crippen LogP contribution in [0.5, 0.6) is 0 Å². The lowest BCUT2D eigenvalue weighted by Gasteiger charge is -2.17. The average molecular weight is 563 g/mol. The van der Waals surface area contributed by atoms with E-state index >= 15 is 0 Å². The predicted molar refractivity (Wildman–Crippen MR) is 155 cm³/mol. The van der Waals surface area contributed by atoms with E-state index in [-0.39, 0.29) is 15.6 Å². The number of rotatable bonds is 6. The van der Waals surface area contributed by atoms with Crippen molar-refractivity contribution >= 4 is 38.1 Å². The van der Waals surface area contributed by atoms with Crippen LogP contribution in [0.3, 0.4) is 0 Å². The third-order valence-corrected chi connectivity index (χ3v) is 10.1. The third-order valence-electron chi connectivity index (χ3n) is 7.16. The number of anilines is 1. The molecule has 8 nitrogen and oxygen atoms in total. The van der Waals surface area contributed by atoms with Gasteiger partial charge in [-0.05, 0) is 77.3 Å². The average Bonchev–Trinajstić information content (AvgIpc) is 3.43. The van der Waals surface area contributed by atoms with Crippen molar-refractivity contribution in [2.24, 2.45) is 0 Å². The normalized spacial score (nSPS) is 11.9. The van der Waals surface area contributed by atoms with Crippen LogP contribution in [0.15, 0.2) is 49.9 Å². The van der Waals surface area contributed by atoms with Crippen molar-refractivity contribution in [1.82, 2.24) is 14.7 Å². The molecule has 0 saturated heterocycles. The molecule has 202 valence electrons. The quantitative estimate of drug-likeness (QED) is 0.267. The van der Waals surface area contributed by atoms with Gasteiger partial charge in [-0.2, -0.15) is 0 Å². The van der Waals surface area contributed by atoms with Gasteiger partial charge in [-0.3, -0.25) is 14.5 Å². The molecule has 0 amide bonds. The summed E-state index contributed by atoms with van der Waals surface area (Å²) in [5, 5.41) is 4.85. The highest BCUT2D eigenvalue weighted by Gasteiger charge is 2.25. The first kappa shape index (κ1) is 26.8. The molecule has 4 aromatic heterocycles. The Hall–Kier alpha value is -3.76. The van der Waals surface area contributed by atoms with Crippen molar-refractivity contribution in [3.05, 3.63) is 91.0 Å². The molecular weight excluding hydrogens is 532 g/mol. The Morgan fingerprint density at radius 2 is 1.64 bits per heavy atom. The van der Waals surface area contributed by atoms with Gasteiger partial charge in [0.05, 0.1) is 12.1 Å². The Morgan fingerprint density at radius 1 is 0.949 bits per heavy atom. The lowest BCUT2D eigenvalue weighted by molar-refractivity contribution is 0.399. The fraction of sp³-hybridized carbons (Fsp3) is 0.276. The minimum atomic E-state index is -3.89. The number of aromatic nitrogens is 3. The fourth-order valence-electron chi connectivity index (χ4n) is 4.85. The number of fused-ring (bicyclic) bond motifs is 1. The van der Waals surface area contributed by atoms with Crippen LogP contribution in [0.1, 0.15) is 44.3 Å². The number of thiophene rings is 1. The summed E-state index contributed by atoms with van der Waals surface area (Å²) in [5.74, 6) is 0.745. The second-order valence-corrected chi connectivity index (χ2v) is 13.1. The van der Waals surface area contributed by atoms with Crippen LogP contribution >= 0.6 is 11.3 Å². The van der Waals surface area contributed by atoms with Crippen molar-refractivity contribution in [2.75, 3.05) is 4.72 Å². The molecule has 0 aliphatic heterocycles. The molecule has 0 atom stereocenters. The van der Waals surface area contributed by atoms with E-state index in [0.29, 0.717) is 29.0 Å². The molecule has 0 fully saturated rings. The molecule has 5 aromatic rings. The molecule has 0 spiro atoms. The molecule has 0 bridgehead atoms. The molecule has 0 unspecified atom stereocenters. The van der Waals surface area contributed by atoms with Crippen molar-refractivity contribution in [3.8, 4) is 11.1 Å². The number of nitrogens with one attached hydrogen (secondary N) is 1. The number of benzene rings is 1. The predicted octanol–water partition coefficient (Wildman–Crippen LogP) is 6.12. The number of sulfonamides is 1. The van der Waals surface area contributed by atoms with Crippen molar-refractivity contribution in [2.45, 2.75) is 59.2 Å². The Kier molecular flexibility index (Phi) is 6.72. The molecule has 4 heterocycles. The lowest BCUT2D eigenvalue weighted by atomic mass is 10.0. The lowest BCUT2D eigenvalue weighted by Crippen LogP contribution is -2.25. The summed E-state index contributed by atoms with van der Waals surface area (Å²) in [6.45, 7) is 13.5. The van der Waals surface area contributed by atoms with Crippen LogP contribution < -0.4 is 10.3 Å². The Labute approximate surface area is 231 Å². The summed E-state index contributed by atoms with van der Waals surface area (Å²) in [6, 6.07) is 11.5. The SMILES string of the molecule is Cc1cc2c(c(C)n1)c(C)c(C)c(=O)n2Cc1ccc(-c2cc(C)sc2S(=O)(=O)Nc2noc(C)c2C)cc1. The second kappa shape index (κ2) is 9.77. The molecular formula is C29H30N4O4S2. The Bertz CT molecular complexity index is 1910. The van der Waals surface area contributed by atoms with Gasteiger partial charge in [0.2, 0.25) is 0 Å². The van der Waals surface area contributed by atoms with Crippen LogP contribution in [0.25, 0.3) is 22.0 Å². The van der Waals surface area contributed by atoms with Gasteiger partial charge in [0.15, 0.2) is 5.82 Å². The maximum atomic E-state index is 13.3. The van der Waals surface area contributed by atoms with Gasteiger partial charge in [-0.1, -0.05) is 29.4 Å². The monoisotopic (exact) mass is 562 g/mol. The molecule has 1 N–H and O–H groups in total. The molecule has 39 heavy (non-hydrogen) atoms. The Balaban J connectivity index is 1.51. The van der Waals surface area contributed by atoms with Crippen LogP contribution in [-0.4, -0.2) is 23.1 Å². The minimum absolute atomic E-state index is 0.0274. The zero-order valence-corrected chi connectivity index (χ0v) is 24.6. The molecule has 5 rings (SSSR count). The van der Waals surface area contributed by atoms with Gasteiger partial charge in [-0.15, -0.1) is 11.3 Å². The maximum absolute atomic E-state index is 13.3. The van der Waals surface area contributed by atoms with Gasteiger partial charge in [0.1, 0.15) is 9.97 Å². The first-order valence-electron chi connectivity index (χ1n) is 12.5. The van der Waals surface area contributed by atoms with E-state index in [1.807, 2.05) is 71.0 Å². The first-order valence-corrected chi connectivity index (χ1v) is 14.8. The minimum Gasteiger partial charge on any atom is -0.359 e. The van der Waals surface area contributed by atoms with Gasteiger partial charge in [-0.25, -0.2) is 8.42 Å². The number of nitrogens with zero attached hydrogens (tertiary/aromatic N) is 3. The summed E-state index contributed by atoms with van der Waals surface area (Å²) in [7, 11) is -3.89. The van der Waals surface area contributed by atoms with E-state index in [9.17, 15) is 13.2 Å². The first-order chi connectivity index (χ1) is 18.4. The largest absolute Gasteiger partial charge is 0.359 e. The van der Waals surface area contributed by atoms with Gasteiger partial charge in [0, 0.05) is 38.3 Å². The topological polar surface area (TPSA) is 107 Å². The van der Waals surface area contributed by atoms with Crippen molar-refractivity contribution < 1.29 is 12.9 Å². The molecule has 0 aliphatic carbocycles. The van der Waals surface area contributed by atoms with E-state index in [2.05, 4.69) is 14.9 Å². The van der Waals surface area contributed by atoms with Gasteiger partial charge in [0.25, 0.3) is 15.6 Å². The van der Waals surface area contributed by atoms with Crippen LogP contribution in [0.2, 0.25) is 0 Å². The molecule has 0 aliphatic rings. The number of pyridine rings is 2. The van der Waals surface area contributed by atoms with E-state index in [4.69, 9.17) is 4.52 Å². The standard InChI is InChI=1S/C29H30N4O4S2/c1-15-12-25-26(20(6)30-15)17(3)18(4)28(34)33(25)14-22-8-10-23(11-9-22)24-13-16(2)38-29(24)39(35,36)32-27-19(5)21(7)37-31-27/h8-13H,14H2,1-7H3,(H,31,32). The highest BCUT2D eigenvalue weighted by Crippen LogP contribution is 2.36. The number of hydrogen-bond donors (Lipinski definition) is 1. The molecule has 10 heteroatoms. The highest BCUT2D eigenvalue weighted by molar-refractivity contribution is 7.94. The van der Waals surface area contributed by atoms with Crippen LogP contribution in [0.4, 0.5) is 5.82 Å². The summed E-state index contributed by atoms with van der Waals surface area (Å²) in [6.07, 6.45) is 0. The van der Waals surface area contributed by atoms with E-state index in [0.717, 1.165) is 43.9 Å². The van der Waals surface area contributed by atoms with Crippen molar-refractivity contribution in [1.29, 1.82) is 0 Å². The molecule has 1 aromatic carbocycles. The maximum Gasteiger partial charge on any atom is 0.273 e. The molecule has 0 saturated carbocycles. The summed E-state index contributed by atoms with van der Waals surface area (Å²) >= 11 is 1.20. The summed E-state index contributed by atoms with van der Waals surface area (Å²) < 4.78 is 36.4. The van der Waals surface area contributed by atoms with E-state index in [1.54, 1.807) is 18.4 Å². The van der Waals surface area contributed by atoms with Gasteiger partial charge < -0.3 is 9.09 Å². The Morgan fingerprint density at radius 3 is 2.28 bits per heavy atom. The zero-order chi connectivity index (χ0) is 28.2. The van der Waals surface area contributed by atoms with Crippen molar-refractivity contribution in [3.63, 3.8) is 0 Å². The van der Waals surface area contributed by atoms with Crippen LogP contribution in [0, 0.1) is 48.5 Å². The van der Waals surface area contributed by atoms with E-state index in [1.165, 1.54) is 11.3 Å². The van der Waals surface area contributed by atoms with Crippen LogP contribution in [-0.2, 0) is 16.6 Å². The fourth-order valence-corrected chi connectivity index (χ4v) is 7.57. The van der Waals surface area contributed by atoms with E-state index < -0.39 is 10.0 Å². The number of aryl methyl sites for hydroxylation is 5. The summed E-state index contributed by atoms with van der Waals surface area (Å²) in [4.78, 5) is 18.8. The highest BCUT2D eigenvalue weighted by atomic mass is 32.2. The zero-order valence-electron chi connectivity index (χ0n) is 23.0. The summed E-state index contributed by atoms with van der Waals surface area (Å²) in [5.41, 5.74) is 7.22. The number of hydrogen-bond acceptors (Lipinski definition) is 7.